The molecular formula is C30H37N3O4S. The second kappa shape index (κ2) is 13.2. The van der Waals surface area contributed by atoms with E-state index in [-0.39, 0.29) is 23.4 Å². The average molecular weight is 536 g/mol. The van der Waals surface area contributed by atoms with Crippen molar-refractivity contribution in [3.63, 3.8) is 0 Å². The third-order valence-corrected chi connectivity index (χ3v) is 8.42. The summed E-state index contributed by atoms with van der Waals surface area (Å²) < 4.78 is 28.7. The lowest BCUT2D eigenvalue weighted by Crippen LogP contribution is -2.53. The maximum atomic E-state index is 13.9. The molecule has 0 fully saturated rings. The maximum absolute atomic E-state index is 13.9. The summed E-state index contributed by atoms with van der Waals surface area (Å²) in [6, 6.07) is 24.0. The first-order valence-corrected chi connectivity index (χ1v) is 14.4. The fourth-order valence-electron chi connectivity index (χ4n) is 4.11. The van der Waals surface area contributed by atoms with Crippen LogP contribution in [0.5, 0.6) is 0 Å². The van der Waals surface area contributed by atoms with E-state index in [4.69, 9.17) is 0 Å². The minimum Gasteiger partial charge on any atom is -0.352 e. The lowest BCUT2D eigenvalue weighted by Gasteiger charge is -2.32. The van der Waals surface area contributed by atoms with Gasteiger partial charge in [-0.05, 0) is 62.9 Å². The van der Waals surface area contributed by atoms with Crippen molar-refractivity contribution in [2.45, 2.75) is 57.5 Å². The second-order valence-corrected chi connectivity index (χ2v) is 11.3. The number of sulfonamides is 1. The molecule has 38 heavy (non-hydrogen) atoms. The minimum atomic E-state index is -4.06. The third-order valence-electron chi connectivity index (χ3n) is 6.65. The Hall–Kier alpha value is -3.65. The quantitative estimate of drug-likeness (QED) is 0.368. The molecule has 2 amide bonds. The Morgan fingerprint density at radius 3 is 2.05 bits per heavy atom. The largest absolute Gasteiger partial charge is 0.352 e. The number of amides is 2. The van der Waals surface area contributed by atoms with Gasteiger partial charge in [0.1, 0.15) is 12.6 Å². The van der Waals surface area contributed by atoms with Crippen LogP contribution >= 0.6 is 0 Å². The number of anilines is 1. The number of benzene rings is 3. The lowest BCUT2D eigenvalue weighted by atomic mass is 10.1. The molecule has 2 atom stereocenters. The van der Waals surface area contributed by atoms with E-state index in [2.05, 4.69) is 5.32 Å². The molecule has 0 spiro atoms. The van der Waals surface area contributed by atoms with Crippen LogP contribution in [0.2, 0.25) is 0 Å². The number of aryl methyl sites for hydroxylation is 1. The number of hydrogen-bond donors (Lipinski definition) is 1. The van der Waals surface area contributed by atoms with Gasteiger partial charge in [-0.15, -0.1) is 0 Å². The molecular weight excluding hydrogens is 498 g/mol. The van der Waals surface area contributed by atoms with Gasteiger partial charge in [0.05, 0.1) is 10.6 Å². The summed E-state index contributed by atoms with van der Waals surface area (Å²) in [7, 11) is -4.06. The summed E-state index contributed by atoms with van der Waals surface area (Å²) in [6.07, 6.45) is 1.29. The van der Waals surface area contributed by atoms with E-state index in [1.165, 1.54) is 17.0 Å². The van der Waals surface area contributed by atoms with E-state index in [1.54, 1.807) is 37.3 Å². The summed E-state index contributed by atoms with van der Waals surface area (Å²) in [5, 5.41) is 2.95. The van der Waals surface area contributed by atoms with Crippen LogP contribution in [0.3, 0.4) is 0 Å². The number of nitrogens with one attached hydrogen (secondary N) is 1. The van der Waals surface area contributed by atoms with Gasteiger partial charge in [-0.1, -0.05) is 73.7 Å². The highest BCUT2D eigenvalue weighted by atomic mass is 32.2. The summed E-state index contributed by atoms with van der Waals surface area (Å²) in [5.74, 6) is -0.718. The predicted molar refractivity (Wildman–Crippen MR) is 151 cm³/mol. The maximum Gasteiger partial charge on any atom is 0.264 e. The van der Waals surface area contributed by atoms with Crippen LogP contribution in [0.25, 0.3) is 0 Å². The van der Waals surface area contributed by atoms with E-state index in [0.717, 1.165) is 21.9 Å². The number of rotatable bonds is 12. The first-order valence-electron chi connectivity index (χ1n) is 12.9. The van der Waals surface area contributed by atoms with Gasteiger partial charge in [0.2, 0.25) is 11.8 Å². The van der Waals surface area contributed by atoms with E-state index >= 15 is 0 Å². The molecule has 0 saturated carbocycles. The molecule has 3 aromatic rings. The second-order valence-electron chi connectivity index (χ2n) is 9.43. The van der Waals surface area contributed by atoms with Gasteiger partial charge in [0.25, 0.3) is 10.0 Å². The Morgan fingerprint density at radius 1 is 0.868 bits per heavy atom. The SMILES string of the molecule is CCC(C)NC(=O)C(C)N(CCc1ccccc1)C(=O)CN(c1ccccc1C)S(=O)(=O)c1ccccc1. The number of hydrogen-bond acceptors (Lipinski definition) is 4. The van der Waals surface area contributed by atoms with Crippen LogP contribution in [-0.2, 0) is 26.0 Å². The van der Waals surface area contributed by atoms with Crippen molar-refractivity contribution in [3.05, 3.63) is 96.1 Å². The van der Waals surface area contributed by atoms with Crippen LogP contribution in [0.15, 0.2) is 89.8 Å². The van der Waals surface area contributed by atoms with E-state index in [1.807, 2.05) is 63.2 Å². The van der Waals surface area contributed by atoms with E-state index < -0.39 is 28.5 Å². The van der Waals surface area contributed by atoms with Gasteiger partial charge < -0.3 is 10.2 Å². The molecule has 8 heteroatoms. The zero-order valence-electron chi connectivity index (χ0n) is 22.5. The van der Waals surface area contributed by atoms with E-state index in [0.29, 0.717) is 12.1 Å². The van der Waals surface area contributed by atoms with Crippen LogP contribution in [0.4, 0.5) is 5.69 Å². The Bertz CT molecular complexity index is 1310. The normalized spacial score (nSPS) is 12.8. The highest BCUT2D eigenvalue weighted by Gasteiger charge is 2.33. The standard InChI is InChI=1S/C30H37N3O4S/c1-5-24(3)31-30(35)25(4)32(21-20-26-15-8-6-9-16-26)29(34)22-33(28-19-13-12-14-23(28)2)38(36,37)27-17-10-7-11-18-27/h6-19,24-25H,5,20-22H2,1-4H3,(H,31,35). The van der Waals surface area contributed by atoms with Crippen molar-refractivity contribution in [3.8, 4) is 0 Å². The van der Waals surface area contributed by atoms with Gasteiger partial charge in [-0.3, -0.25) is 13.9 Å². The van der Waals surface area contributed by atoms with Gasteiger partial charge in [0.15, 0.2) is 0 Å². The van der Waals surface area contributed by atoms with Crippen molar-refractivity contribution < 1.29 is 18.0 Å². The molecule has 0 radical (unpaired) electrons. The monoisotopic (exact) mass is 535 g/mol. The van der Waals surface area contributed by atoms with Crippen molar-refractivity contribution in [2.75, 3.05) is 17.4 Å². The first kappa shape index (κ1) is 28.9. The number of nitrogens with zero attached hydrogens (tertiary/aromatic N) is 2. The molecule has 0 aromatic heterocycles. The van der Waals surface area contributed by atoms with Gasteiger partial charge >= 0.3 is 0 Å². The van der Waals surface area contributed by atoms with Crippen LogP contribution < -0.4 is 9.62 Å². The average Bonchev–Trinajstić information content (AvgIpc) is 2.93. The topological polar surface area (TPSA) is 86.8 Å². The molecule has 0 heterocycles. The zero-order valence-corrected chi connectivity index (χ0v) is 23.3. The Morgan fingerprint density at radius 2 is 1.45 bits per heavy atom. The fraction of sp³-hybridized carbons (Fsp3) is 0.333. The summed E-state index contributed by atoms with van der Waals surface area (Å²) >= 11 is 0. The molecule has 202 valence electrons. The van der Waals surface area contributed by atoms with Gasteiger partial charge in [0, 0.05) is 12.6 Å². The molecule has 1 N–H and O–H groups in total. The molecule has 0 saturated heterocycles. The van der Waals surface area contributed by atoms with Crippen LogP contribution in [0.1, 0.15) is 38.3 Å². The Kier molecular flexibility index (Phi) is 10.1. The Balaban J connectivity index is 1.97. The lowest BCUT2D eigenvalue weighted by molar-refractivity contribution is -0.139. The highest BCUT2D eigenvalue weighted by Crippen LogP contribution is 2.27. The molecule has 0 bridgehead atoms. The molecule has 0 aliphatic carbocycles. The molecule has 2 unspecified atom stereocenters. The molecule has 3 rings (SSSR count). The summed E-state index contributed by atoms with van der Waals surface area (Å²) in [4.78, 5) is 28.5. The van der Waals surface area contributed by atoms with E-state index in [9.17, 15) is 18.0 Å². The number of carbonyl (C=O) groups is 2. The molecule has 0 aliphatic heterocycles. The Labute approximate surface area is 226 Å². The van der Waals surface area contributed by atoms with Gasteiger partial charge in [-0.25, -0.2) is 8.42 Å². The van der Waals surface area contributed by atoms with Crippen molar-refractivity contribution in [2.24, 2.45) is 0 Å². The molecule has 3 aromatic carbocycles. The first-order chi connectivity index (χ1) is 18.1. The van der Waals surface area contributed by atoms with Crippen molar-refractivity contribution in [1.82, 2.24) is 10.2 Å². The van der Waals surface area contributed by atoms with Crippen LogP contribution in [0, 0.1) is 6.92 Å². The minimum absolute atomic E-state index is 0.0436. The van der Waals surface area contributed by atoms with Crippen LogP contribution in [-0.4, -0.2) is 50.3 Å². The molecule has 7 nitrogen and oxygen atoms in total. The third kappa shape index (κ3) is 7.22. The highest BCUT2D eigenvalue weighted by molar-refractivity contribution is 7.92. The van der Waals surface area contributed by atoms with Gasteiger partial charge in [-0.2, -0.15) is 0 Å². The summed E-state index contributed by atoms with van der Waals surface area (Å²) in [6.45, 7) is 7.21. The molecule has 0 aliphatic rings. The predicted octanol–water partition coefficient (Wildman–Crippen LogP) is 4.56. The number of para-hydroxylation sites is 1. The van der Waals surface area contributed by atoms with Crippen molar-refractivity contribution in [1.29, 1.82) is 0 Å². The van der Waals surface area contributed by atoms with Crippen molar-refractivity contribution >= 4 is 27.5 Å². The fourth-order valence-corrected chi connectivity index (χ4v) is 5.61. The number of carbonyl (C=O) groups excluding carboxylic acids is 2. The smallest absolute Gasteiger partial charge is 0.264 e. The zero-order chi connectivity index (χ0) is 27.7. The summed E-state index contributed by atoms with van der Waals surface area (Å²) in [5.41, 5.74) is 2.16.